The van der Waals surface area contributed by atoms with Crippen molar-refractivity contribution in [2.24, 2.45) is 0 Å². The average Bonchev–Trinajstić information content (AvgIpc) is 2.44. The Balaban J connectivity index is 2.52. The summed E-state index contributed by atoms with van der Waals surface area (Å²) in [7, 11) is 0. The molecule has 0 amide bonds. The first-order valence-corrected chi connectivity index (χ1v) is 7.00. The molecule has 1 aromatic carbocycles. The van der Waals surface area contributed by atoms with Crippen LogP contribution in [-0.2, 0) is 0 Å². The highest BCUT2D eigenvalue weighted by atomic mass is 35.5. The Bertz CT molecular complexity index is 652. The standard InChI is InChI=1S/C11H3Cl5F2N2O/c12-5-4(6(13)8(15)9(16)7(5)14)3-1-19-11(20-2-3)21-10(17)18/h1-2,10H. The molecule has 0 bridgehead atoms. The molecular weight excluding hydrogens is 391 g/mol. The maximum Gasteiger partial charge on any atom is 0.389 e. The van der Waals surface area contributed by atoms with Gasteiger partial charge in [-0.25, -0.2) is 9.97 Å². The zero-order chi connectivity index (χ0) is 15.7. The summed E-state index contributed by atoms with van der Waals surface area (Å²) in [5.41, 5.74) is 0.549. The molecule has 3 nitrogen and oxygen atoms in total. The lowest BCUT2D eigenvalue weighted by Crippen LogP contribution is -2.05. The summed E-state index contributed by atoms with van der Waals surface area (Å²) in [6.45, 7) is -3.03. The van der Waals surface area contributed by atoms with Crippen LogP contribution in [0.1, 0.15) is 0 Å². The molecule has 1 aromatic heterocycles. The number of benzene rings is 1. The fourth-order valence-electron chi connectivity index (χ4n) is 1.44. The Morgan fingerprint density at radius 3 is 1.67 bits per heavy atom. The highest BCUT2D eigenvalue weighted by molar-refractivity contribution is 6.56. The molecule has 2 aromatic rings. The smallest absolute Gasteiger partial charge is 0.389 e. The van der Waals surface area contributed by atoms with Gasteiger partial charge in [-0.05, 0) is 0 Å². The van der Waals surface area contributed by atoms with Gasteiger partial charge >= 0.3 is 12.6 Å². The van der Waals surface area contributed by atoms with Crippen molar-refractivity contribution in [3.63, 3.8) is 0 Å². The van der Waals surface area contributed by atoms with Gasteiger partial charge in [0, 0.05) is 23.5 Å². The largest absolute Gasteiger partial charge is 0.401 e. The molecule has 0 aliphatic heterocycles. The van der Waals surface area contributed by atoms with E-state index in [1.54, 1.807) is 0 Å². The van der Waals surface area contributed by atoms with Crippen LogP contribution in [0.25, 0.3) is 11.1 Å². The Labute approximate surface area is 142 Å². The number of halogens is 7. The Hall–Kier alpha value is -0.590. The quantitative estimate of drug-likeness (QED) is 0.472. The summed E-state index contributed by atoms with van der Waals surface area (Å²) >= 11 is 29.9. The molecule has 1 heterocycles. The van der Waals surface area contributed by atoms with Crippen LogP contribution in [0.15, 0.2) is 12.4 Å². The van der Waals surface area contributed by atoms with E-state index in [-0.39, 0.29) is 30.7 Å². The van der Waals surface area contributed by atoms with Gasteiger partial charge in [-0.1, -0.05) is 58.0 Å². The molecule has 2 rings (SSSR count). The molecule has 0 unspecified atom stereocenters. The van der Waals surface area contributed by atoms with Gasteiger partial charge in [0.25, 0.3) is 0 Å². The first-order valence-electron chi connectivity index (χ1n) is 5.11. The van der Waals surface area contributed by atoms with Crippen molar-refractivity contribution in [1.29, 1.82) is 0 Å². The van der Waals surface area contributed by atoms with Crippen LogP contribution in [0, 0.1) is 0 Å². The van der Waals surface area contributed by atoms with E-state index in [2.05, 4.69) is 14.7 Å². The number of aromatic nitrogens is 2. The van der Waals surface area contributed by atoms with Gasteiger partial charge in [-0.3, -0.25) is 0 Å². The van der Waals surface area contributed by atoms with Crippen molar-refractivity contribution in [3.05, 3.63) is 37.5 Å². The van der Waals surface area contributed by atoms with Crippen LogP contribution < -0.4 is 4.74 Å². The second kappa shape index (κ2) is 6.67. The molecule has 21 heavy (non-hydrogen) atoms. The van der Waals surface area contributed by atoms with Crippen molar-refractivity contribution in [1.82, 2.24) is 9.97 Å². The summed E-state index contributed by atoms with van der Waals surface area (Å²) in [5.74, 6) is 0. The lowest BCUT2D eigenvalue weighted by Gasteiger charge is -2.12. The lowest BCUT2D eigenvalue weighted by atomic mass is 10.1. The minimum Gasteiger partial charge on any atom is -0.401 e. The van der Waals surface area contributed by atoms with E-state index < -0.39 is 12.6 Å². The van der Waals surface area contributed by atoms with E-state index in [1.807, 2.05) is 0 Å². The van der Waals surface area contributed by atoms with Crippen LogP contribution in [0.4, 0.5) is 8.78 Å². The number of hydrogen-bond donors (Lipinski definition) is 0. The van der Waals surface area contributed by atoms with Crippen molar-refractivity contribution in [2.45, 2.75) is 6.61 Å². The SMILES string of the molecule is FC(F)Oc1ncc(-c2c(Cl)c(Cl)c(Cl)c(Cl)c2Cl)cn1. The summed E-state index contributed by atoms with van der Waals surface area (Å²) in [5, 5.41) is 0.117. The Morgan fingerprint density at radius 1 is 0.810 bits per heavy atom. The molecule has 0 aliphatic rings. The zero-order valence-corrected chi connectivity index (χ0v) is 13.5. The summed E-state index contributed by atoms with van der Waals surface area (Å²) < 4.78 is 28.1. The van der Waals surface area contributed by atoms with Crippen LogP contribution in [-0.4, -0.2) is 16.6 Å². The van der Waals surface area contributed by atoms with Gasteiger partial charge in [0.1, 0.15) is 0 Å². The van der Waals surface area contributed by atoms with Crippen molar-refractivity contribution in [2.75, 3.05) is 0 Å². The highest BCUT2D eigenvalue weighted by Gasteiger charge is 2.21. The molecule has 0 aliphatic carbocycles. The third-order valence-corrected chi connectivity index (χ3v) is 4.60. The van der Waals surface area contributed by atoms with Crippen molar-refractivity contribution < 1.29 is 13.5 Å². The number of alkyl halides is 2. The summed E-state index contributed by atoms with van der Waals surface area (Å²) in [4.78, 5) is 7.22. The predicted octanol–water partition coefficient (Wildman–Crippen LogP) is 6.01. The number of hydrogen-bond acceptors (Lipinski definition) is 3. The second-order valence-electron chi connectivity index (χ2n) is 3.58. The third-order valence-electron chi connectivity index (χ3n) is 2.32. The predicted molar refractivity (Wildman–Crippen MR) is 79.2 cm³/mol. The maximum absolute atomic E-state index is 12.0. The third kappa shape index (κ3) is 3.43. The Morgan fingerprint density at radius 2 is 1.24 bits per heavy atom. The van der Waals surface area contributed by atoms with Crippen LogP contribution in [0.5, 0.6) is 6.01 Å². The minimum atomic E-state index is -3.03. The molecule has 0 atom stereocenters. The highest BCUT2D eigenvalue weighted by Crippen LogP contribution is 2.47. The fourth-order valence-corrected chi connectivity index (χ4v) is 2.80. The summed E-state index contributed by atoms with van der Waals surface area (Å²) in [6, 6.07) is -0.493. The molecule has 112 valence electrons. The molecule has 0 radical (unpaired) electrons. The summed E-state index contributed by atoms with van der Waals surface area (Å²) in [6.07, 6.45) is 2.39. The van der Waals surface area contributed by atoms with Crippen LogP contribution in [0.2, 0.25) is 25.1 Å². The maximum atomic E-state index is 12.0. The Kier molecular flexibility index (Phi) is 5.33. The van der Waals surface area contributed by atoms with Crippen LogP contribution in [0.3, 0.4) is 0 Å². The monoisotopic (exact) mass is 392 g/mol. The van der Waals surface area contributed by atoms with Crippen molar-refractivity contribution in [3.8, 4) is 17.1 Å². The van der Waals surface area contributed by atoms with E-state index in [4.69, 9.17) is 58.0 Å². The van der Waals surface area contributed by atoms with Gasteiger partial charge in [0.2, 0.25) is 0 Å². The minimum absolute atomic E-state index is 0.00985. The first kappa shape index (κ1) is 16.8. The van der Waals surface area contributed by atoms with E-state index >= 15 is 0 Å². The van der Waals surface area contributed by atoms with Gasteiger partial charge < -0.3 is 4.74 Å². The van der Waals surface area contributed by atoms with Gasteiger partial charge in [-0.2, -0.15) is 8.78 Å². The van der Waals surface area contributed by atoms with Crippen LogP contribution >= 0.6 is 58.0 Å². The number of ether oxygens (including phenoxy) is 1. The van der Waals surface area contributed by atoms with E-state index in [9.17, 15) is 8.78 Å². The first-order chi connectivity index (χ1) is 9.82. The zero-order valence-electron chi connectivity index (χ0n) is 9.68. The molecule has 0 saturated carbocycles. The topological polar surface area (TPSA) is 35.0 Å². The molecule has 10 heteroatoms. The van der Waals surface area contributed by atoms with E-state index in [0.717, 1.165) is 0 Å². The van der Waals surface area contributed by atoms with Gasteiger partial charge in [0.15, 0.2) is 0 Å². The average molecular weight is 394 g/mol. The number of nitrogens with zero attached hydrogens (tertiary/aromatic N) is 2. The lowest BCUT2D eigenvalue weighted by molar-refractivity contribution is -0.0560. The van der Waals surface area contributed by atoms with Gasteiger partial charge in [0.05, 0.1) is 25.1 Å². The van der Waals surface area contributed by atoms with E-state index in [1.165, 1.54) is 12.4 Å². The normalized spacial score (nSPS) is 11.0. The van der Waals surface area contributed by atoms with E-state index in [0.29, 0.717) is 5.56 Å². The second-order valence-corrected chi connectivity index (χ2v) is 5.47. The molecule has 0 fully saturated rings. The molecule has 0 spiro atoms. The molecule has 0 N–H and O–H groups in total. The molecular formula is C11H3Cl5F2N2O. The van der Waals surface area contributed by atoms with Crippen molar-refractivity contribution >= 4 is 58.0 Å². The molecule has 0 saturated heterocycles. The van der Waals surface area contributed by atoms with Gasteiger partial charge in [-0.15, -0.1) is 0 Å². The number of rotatable bonds is 3. The fraction of sp³-hybridized carbons (Fsp3) is 0.0909.